The Morgan fingerprint density at radius 3 is 2.14 bits per heavy atom. The van der Waals surface area contributed by atoms with Crippen molar-refractivity contribution in [2.24, 2.45) is 5.92 Å². The van der Waals surface area contributed by atoms with Crippen LogP contribution < -0.4 is 0 Å². The van der Waals surface area contributed by atoms with E-state index in [1.54, 1.807) is 27.8 Å². The largest absolute Gasteiger partial charge is 0.459 e. The summed E-state index contributed by atoms with van der Waals surface area (Å²) in [6.45, 7) is 9.19. The van der Waals surface area contributed by atoms with Gasteiger partial charge in [0.2, 0.25) is 5.91 Å². The van der Waals surface area contributed by atoms with E-state index in [2.05, 4.69) is 0 Å². The molecule has 0 aliphatic heterocycles. The maximum Gasteiger partial charge on any atom is 0.410 e. The number of carbonyl (C=O) groups excluding carboxylic acids is 3. The first-order valence-corrected chi connectivity index (χ1v) is 9.81. The minimum atomic E-state index is -0.731. The van der Waals surface area contributed by atoms with Gasteiger partial charge in [0.1, 0.15) is 24.8 Å². The quantitative estimate of drug-likeness (QED) is 0.618. The maximum absolute atomic E-state index is 13.0. The standard InChI is InChI=1S/C22H34N2O5/c1-16(2)13-18(20(26)23(6)14-19(25)29-22(3,4)5)24(7)21(27)28-15-17-11-9-8-10-12-17/h8-12,16,18H,13-15H2,1-7H3/t18-/m1/s1. The number of rotatable bonds is 8. The molecule has 0 fully saturated rings. The maximum atomic E-state index is 13.0. The first-order valence-electron chi connectivity index (χ1n) is 9.81. The fraction of sp³-hybridized carbons (Fsp3) is 0.591. The molecular weight excluding hydrogens is 372 g/mol. The molecule has 0 aliphatic carbocycles. The van der Waals surface area contributed by atoms with E-state index >= 15 is 0 Å². The van der Waals surface area contributed by atoms with E-state index in [4.69, 9.17) is 9.47 Å². The van der Waals surface area contributed by atoms with Crippen LogP contribution in [0.1, 0.15) is 46.6 Å². The van der Waals surface area contributed by atoms with Gasteiger partial charge in [0.25, 0.3) is 0 Å². The van der Waals surface area contributed by atoms with E-state index in [1.165, 1.54) is 16.8 Å². The van der Waals surface area contributed by atoms with Crippen molar-refractivity contribution in [2.75, 3.05) is 20.6 Å². The van der Waals surface area contributed by atoms with Gasteiger partial charge in [-0.2, -0.15) is 0 Å². The summed E-state index contributed by atoms with van der Waals surface area (Å²) in [5, 5.41) is 0. The second-order valence-electron chi connectivity index (χ2n) is 8.58. The summed E-state index contributed by atoms with van der Waals surface area (Å²) in [5.41, 5.74) is 0.235. The topological polar surface area (TPSA) is 76.2 Å². The summed E-state index contributed by atoms with van der Waals surface area (Å²) in [6.07, 6.45) is -0.132. The zero-order chi connectivity index (χ0) is 22.2. The van der Waals surface area contributed by atoms with E-state index in [0.717, 1.165) is 5.56 Å². The highest BCUT2D eigenvalue weighted by Crippen LogP contribution is 2.15. The molecule has 0 saturated carbocycles. The van der Waals surface area contributed by atoms with Crippen LogP contribution in [-0.2, 0) is 25.7 Å². The number of carbonyl (C=O) groups is 3. The number of amides is 2. The first-order chi connectivity index (χ1) is 13.4. The highest BCUT2D eigenvalue weighted by molar-refractivity contribution is 5.88. The Bertz CT molecular complexity index is 682. The van der Waals surface area contributed by atoms with E-state index in [0.29, 0.717) is 6.42 Å². The molecule has 0 aromatic heterocycles. The number of hydrogen-bond acceptors (Lipinski definition) is 5. The van der Waals surface area contributed by atoms with Crippen molar-refractivity contribution in [3.63, 3.8) is 0 Å². The molecule has 7 heteroatoms. The van der Waals surface area contributed by atoms with E-state index < -0.39 is 23.7 Å². The lowest BCUT2D eigenvalue weighted by Gasteiger charge is -2.31. The van der Waals surface area contributed by atoms with Crippen LogP contribution in [-0.4, -0.2) is 60.1 Å². The van der Waals surface area contributed by atoms with Crippen LogP contribution in [0, 0.1) is 5.92 Å². The molecule has 2 amide bonds. The van der Waals surface area contributed by atoms with Crippen LogP contribution in [0.2, 0.25) is 0 Å². The highest BCUT2D eigenvalue weighted by Gasteiger charge is 2.32. The average Bonchev–Trinajstić information content (AvgIpc) is 2.62. The average molecular weight is 407 g/mol. The molecule has 0 bridgehead atoms. The number of hydrogen-bond donors (Lipinski definition) is 0. The zero-order valence-corrected chi connectivity index (χ0v) is 18.6. The number of ether oxygens (including phenoxy) is 2. The van der Waals surface area contributed by atoms with E-state index in [1.807, 2.05) is 44.2 Å². The molecule has 7 nitrogen and oxygen atoms in total. The van der Waals surface area contributed by atoms with Crippen molar-refractivity contribution in [1.29, 1.82) is 0 Å². The Morgan fingerprint density at radius 1 is 1.03 bits per heavy atom. The van der Waals surface area contributed by atoms with Crippen LogP contribution in [0.15, 0.2) is 30.3 Å². The molecule has 1 aromatic carbocycles. The predicted octanol–water partition coefficient (Wildman–Crippen LogP) is 3.47. The third kappa shape index (κ3) is 8.98. The summed E-state index contributed by atoms with van der Waals surface area (Å²) in [6, 6.07) is 8.60. The van der Waals surface area contributed by atoms with E-state index in [9.17, 15) is 14.4 Å². The molecule has 0 aliphatic rings. The molecule has 0 saturated heterocycles. The number of nitrogens with zero attached hydrogens (tertiary/aromatic N) is 2. The van der Waals surface area contributed by atoms with Gasteiger partial charge in [0, 0.05) is 14.1 Å². The summed E-state index contributed by atoms with van der Waals surface area (Å²) in [4.78, 5) is 40.1. The first kappa shape index (κ1) is 24.5. The van der Waals surface area contributed by atoms with Gasteiger partial charge < -0.3 is 14.4 Å². The van der Waals surface area contributed by atoms with Gasteiger partial charge in [-0.05, 0) is 38.7 Å². The molecule has 0 radical (unpaired) electrons. The van der Waals surface area contributed by atoms with Crippen molar-refractivity contribution >= 4 is 18.0 Å². The molecular formula is C22H34N2O5. The summed E-state index contributed by atoms with van der Waals surface area (Å²) in [7, 11) is 3.07. The van der Waals surface area contributed by atoms with Crippen molar-refractivity contribution in [3.05, 3.63) is 35.9 Å². The normalized spacial score (nSPS) is 12.3. The molecule has 1 rings (SSSR count). The van der Waals surface area contributed by atoms with Gasteiger partial charge in [-0.25, -0.2) is 4.79 Å². The van der Waals surface area contributed by atoms with Gasteiger partial charge >= 0.3 is 12.1 Å². The van der Waals surface area contributed by atoms with Crippen LogP contribution in [0.4, 0.5) is 4.79 Å². The van der Waals surface area contributed by atoms with Crippen LogP contribution in [0.25, 0.3) is 0 Å². The molecule has 0 N–H and O–H groups in total. The Morgan fingerprint density at radius 2 is 1.62 bits per heavy atom. The van der Waals surface area contributed by atoms with Crippen molar-refractivity contribution < 1.29 is 23.9 Å². The van der Waals surface area contributed by atoms with Crippen molar-refractivity contribution in [1.82, 2.24) is 9.80 Å². The zero-order valence-electron chi connectivity index (χ0n) is 18.6. The van der Waals surface area contributed by atoms with Crippen molar-refractivity contribution in [3.8, 4) is 0 Å². The molecule has 0 unspecified atom stereocenters. The predicted molar refractivity (Wildman–Crippen MR) is 111 cm³/mol. The SMILES string of the molecule is CC(C)C[C@H](C(=O)N(C)CC(=O)OC(C)(C)C)N(C)C(=O)OCc1ccccc1. The van der Waals surface area contributed by atoms with Crippen molar-refractivity contribution in [2.45, 2.75) is 59.3 Å². The summed E-state index contributed by atoms with van der Waals surface area (Å²) in [5.74, 6) is -0.655. The molecule has 162 valence electrons. The monoisotopic (exact) mass is 406 g/mol. The van der Waals surface area contributed by atoms with E-state index in [-0.39, 0.29) is 25.0 Å². The molecule has 0 spiro atoms. The second-order valence-corrected chi connectivity index (χ2v) is 8.58. The van der Waals surface area contributed by atoms with Gasteiger partial charge in [0.15, 0.2) is 0 Å². The summed E-state index contributed by atoms with van der Waals surface area (Å²) < 4.78 is 10.6. The molecule has 29 heavy (non-hydrogen) atoms. The lowest BCUT2D eigenvalue weighted by Crippen LogP contribution is -2.50. The lowest BCUT2D eigenvalue weighted by atomic mass is 10.0. The molecule has 1 aromatic rings. The fourth-order valence-corrected chi connectivity index (χ4v) is 2.72. The number of benzene rings is 1. The third-order valence-corrected chi connectivity index (χ3v) is 4.10. The minimum absolute atomic E-state index is 0.125. The van der Waals surface area contributed by atoms with Gasteiger partial charge in [0.05, 0.1) is 0 Å². The molecule has 1 atom stereocenters. The van der Waals surface area contributed by atoms with Crippen LogP contribution in [0.3, 0.4) is 0 Å². The number of likely N-dealkylation sites (N-methyl/N-ethyl adjacent to an activating group) is 2. The summed E-state index contributed by atoms with van der Waals surface area (Å²) >= 11 is 0. The third-order valence-electron chi connectivity index (χ3n) is 4.10. The fourth-order valence-electron chi connectivity index (χ4n) is 2.72. The lowest BCUT2D eigenvalue weighted by molar-refractivity contribution is -0.159. The number of esters is 1. The second kappa shape index (κ2) is 10.8. The Kier molecular flexibility index (Phi) is 9.14. The minimum Gasteiger partial charge on any atom is -0.459 e. The van der Waals surface area contributed by atoms with Crippen LogP contribution in [0.5, 0.6) is 0 Å². The smallest absolute Gasteiger partial charge is 0.410 e. The Labute approximate surface area is 174 Å². The Balaban J connectivity index is 2.78. The molecule has 0 heterocycles. The Hall–Kier alpha value is -2.57. The van der Waals surface area contributed by atoms with Crippen LogP contribution >= 0.6 is 0 Å². The van der Waals surface area contributed by atoms with Gasteiger partial charge in [-0.1, -0.05) is 44.2 Å². The highest BCUT2D eigenvalue weighted by atomic mass is 16.6. The van der Waals surface area contributed by atoms with Gasteiger partial charge in [-0.3, -0.25) is 14.5 Å². The van der Waals surface area contributed by atoms with Gasteiger partial charge in [-0.15, -0.1) is 0 Å².